The van der Waals surface area contributed by atoms with Gasteiger partial charge in [0.1, 0.15) is 0 Å². The van der Waals surface area contributed by atoms with Gasteiger partial charge in [-0.1, -0.05) is 15.9 Å². The molecule has 0 saturated carbocycles. The highest BCUT2D eigenvalue weighted by Gasteiger charge is 2.30. The predicted octanol–water partition coefficient (Wildman–Crippen LogP) is 1.88. The van der Waals surface area contributed by atoms with Crippen LogP contribution in [-0.4, -0.2) is 35.7 Å². The molecule has 0 spiro atoms. The average Bonchev–Trinajstić information content (AvgIpc) is 3.00. The number of likely N-dealkylation sites (tertiary alicyclic amines) is 1. The Kier molecular flexibility index (Phi) is 3.80. The first-order valence-corrected chi connectivity index (χ1v) is 7.77. The Balaban J connectivity index is 1.65. The third-order valence-electron chi connectivity index (χ3n) is 3.94. The summed E-state index contributed by atoms with van der Waals surface area (Å²) in [5, 5.41) is 0. The molecule has 21 heavy (non-hydrogen) atoms. The van der Waals surface area contributed by atoms with Crippen molar-refractivity contribution in [3.8, 4) is 0 Å². The van der Waals surface area contributed by atoms with Crippen LogP contribution in [0.25, 0.3) is 0 Å². The van der Waals surface area contributed by atoms with Crippen molar-refractivity contribution >= 4 is 39.3 Å². The summed E-state index contributed by atoms with van der Waals surface area (Å²) in [4.78, 5) is 38.3. The van der Waals surface area contributed by atoms with Crippen molar-refractivity contribution in [1.82, 2.24) is 4.90 Å². The number of amides is 3. The Hall–Kier alpha value is -1.69. The predicted molar refractivity (Wildman–Crippen MR) is 80.8 cm³/mol. The highest BCUT2D eigenvalue weighted by Crippen LogP contribution is 2.31. The summed E-state index contributed by atoms with van der Waals surface area (Å²) in [6.45, 7) is 0.853. The fourth-order valence-corrected chi connectivity index (χ4v) is 3.25. The van der Waals surface area contributed by atoms with E-state index in [-0.39, 0.29) is 43.5 Å². The van der Waals surface area contributed by atoms with Crippen LogP contribution in [0, 0.1) is 0 Å². The van der Waals surface area contributed by atoms with E-state index in [1.807, 2.05) is 18.2 Å². The second kappa shape index (κ2) is 5.60. The minimum absolute atomic E-state index is 0.0384. The number of anilines is 1. The van der Waals surface area contributed by atoms with Crippen molar-refractivity contribution in [1.29, 1.82) is 0 Å². The standard InChI is InChI=1S/C15H15BrN2O3/c16-11-1-2-12-10(9-11)5-7-17(12)15(21)6-8-18-13(19)3-4-14(18)20/h1-2,9H,3-8H2. The highest BCUT2D eigenvalue weighted by atomic mass is 79.9. The molecule has 0 bridgehead atoms. The molecule has 1 fully saturated rings. The smallest absolute Gasteiger partial charge is 0.229 e. The molecule has 1 saturated heterocycles. The molecule has 0 aliphatic carbocycles. The first-order chi connectivity index (χ1) is 10.1. The van der Waals surface area contributed by atoms with Crippen molar-refractivity contribution in [2.75, 3.05) is 18.0 Å². The molecule has 1 aromatic carbocycles. The van der Waals surface area contributed by atoms with E-state index in [0.29, 0.717) is 6.54 Å². The lowest BCUT2D eigenvalue weighted by molar-refractivity contribution is -0.138. The van der Waals surface area contributed by atoms with Crippen molar-refractivity contribution in [3.05, 3.63) is 28.2 Å². The highest BCUT2D eigenvalue weighted by molar-refractivity contribution is 9.10. The number of nitrogens with zero attached hydrogens (tertiary/aromatic N) is 2. The Labute approximate surface area is 131 Å². The molecular weight excluding hydrogens is 336 g/mol. The zero-order valence-corrected chi connectivity index (χ0v) is 13.1. The molecule has 0 atom stereocenters. The lowest BCUT2D eigenvalue weighted by Crippen LogP contribution is -2.35. The van der Waals surface area contributed by atoms with Gasteiger partial charge in [-0.3, -0.25) is 19.3 Å². The number of benzene rings is 1. The summed E-state index contributed by atoms with van der Waals surface area (Å²) >= 11 is 3.43. The van der Waals surface area contributed by atoms with Gasteiger partial charge < -0.3 is 4.90 Å². The zero-order valence-electron chi connectivity index (χ0n) is 11.5. The molecule has 0 N–H and O–H groups in total. The van der Waals surface area contributed by atoms with Crippen molar-refractivity contribution in [2.45, 2.75) is 25.7 Å². The summed E-state index contributed by atoms with van der Waals surface area (Å²) in [7, 11) is 0. The number of rotatable bonds is 3. The SMILES string of the molecule is O=C1CCC(=O)N1CCC(=O)N1CCc2cc(Br)ccc21. The molecule has 3 amide bonds. The van der Waals surface area contributed by atoms with Crippen LogP contribution in [0.15, 0.2) is 22.7 Å². The lowest BCUT2D eigenvalue weighted by Gasteiger charge is -2.19. The molecule has 0 radical (unpaired) electrons. The van der Waals surface area contributed by atoms with Crippen LogP contribution >= 0.6 is 15.9 Å². The van der Waals surface area contributed by atoms with Crippen LogP contribution in [0.5, 0.6) is 0 Å². The molecule has 2 heterocycles. The van der Waals surface area contributed by atoms with E-state index in [9.17, 15) is 14.4 Å². The number of imide groups is 1. The van der Waals surface area contributed by atoms with Crippen LogP contribution in [0.2, 0.25) is 0 Å². The molecule has 5 nitrogen and oxygen atoms in total. The average molecular weight is 351 g/mol. The second-order valence-electron chi connectivity index (χ2n) is 5.26. The zero-order chi connectivity index (χ0) is 15.0. The van der Waals surface area contributed by atoms with Crippen molar-refractivity contribution in [2.24, 2.45) is 0 Å². The van der Waals surface area contributed by atoms with Gasteiger partial charge in [-0.25, -0.2) is 0 Å². The van der Waals surface area contributed by atoms with Crippen molar-refractivity contribution in [3.63, 3.8) is 0 Å². The minimum atomic E-state index is -0.168. The number of halogens is 1. The number of carbonyl (C=O) groups excluding carboxylic acids is 3. The molecule has 0 unspecified atom stereocenters. The summed E-state index contributed by atoms with van der Waals surface area (Å²) in [5.41, 5.74) is 2.08. The van der Waals surface area contributed by atoms with E-state index < -0.39 is 0 Å². The van der Waals surface area contributed by atoms with Crippen LogP contribution in [0.3, 0.4) is 0 Å². The van der Waals surface area contributed by atoms with E-state index in [1.165, 1.54) is 4.90 Å². The van der Waals surface area contributed by atoms with Gasteiger partial charge in [-0.2, -0.15) is 0 Å². The van der Waals surface area contributed by atoms with Gasteiger partial charge >= 0.3 is 0 Å². The van der Waals surface area contributed by atoms with E-state index in [1.54, 1.807) is 4.90 Å². The maximum absolute atomic E-state index is 12.3. The fourth-order valence-electron chi connectivity index (χ4n) is 2.84. The van der Waals surface area contributed by atoms with E-state index in [4.69, 9.17) is 0 Å². The quantitative estimate of drug-likeness (QED) is 0.782. The van der Waals surface area contributed by atoms with Gasteiger partial charge in [0, 0.05) is 42.5 Å². The van der Waals surface area contributed by atoms with Gasteiger partial charge in [-0.15, -0.1) is 0 Å². The van der Waals surface area contributed by atoms with Crippen LogP contribution in [0.1, 0.15) is 24.8 Å². The molecule has 0 aromatic heterocycles. The molecule has 3 rings (SSSR count). The molecule has 110 valence electrons. The lowest BCUT2D eigenvalue weighted by atomic mass is 10.2. The third kappa shape index (κ3) is 2.72. The number of hydrogen-bond acceptors (Lipinski definition) is 3. The number of carbonyl (C=O) groups is 3. The monoisotopic (exact) mass is 350 g/mol. The Morgan fingerprint density at radius 1 is 1.14 bits per heavy atom. The number of hydrogen-bond donors (Lipinski definition) is 0. The fraction of sp³-hybridized carbons (Fsp3) is 0.400. The topological polar surface area (TPSA) is 57.7 Å². The molecule has 6 heteroatoms. The molecule has 1 aromatic rings. The normalized spacial score (nSPS) is 17.6. The van der Waals surface area contributed by atoms with Gasteiger partial charge in [-0.05, 0) is 30.2 Å². The Morgan fingerprint density at radius 2 is 1.86 bits per heavy atom. The largest absolute Gasteiger partial charge is 0.312 e. The third-order valence-corrected chi connectivity index (χ3v) is 4.44. The van der Waals surface area contributed by atoms with Crippen LogP contribution in [0.4, 0.5) is 5.69 Å². The summed E-state index contributed by atoms with van der Waals surface area (Å²) in [5.74, 6) is -0.374. The maximum Gasteiger partial charge on any atom is 0.229 e. The van der Waals surface area contributed by atoms with Gasteiger partial charge in [0.25, 0.3) is 0 Å². The minimum Gasteiger partial charge on any atom is -0.312 e. The van der Waals surface area contributed by atoms with E-state index >= 15 is 0 Å². The molecule has 2 aliphatic rings. The summed E-state index contributed by atoms with van der Waals surface area (Å²) in [6, 6.07) is 5.87. The van der Waals surface area contributed by atoms with Gasteiger partial charge in [0.15, 0.2) is 0 Å². The second-order valence-corrected chi connectivity index (χ2v) is 6.17. The van der Waals surface area contributed by atoms with Crippen LogP contribution < -0.4 is 4.90 Å². The first-order valence-electron chi connectivity index (χ1n) is 6.98. The van der Waals surface area contributed by atoms with Crippen LogP contribution in [-0.2, 0) is 20.8 Å². The van der Waals surface area contributed by atoms with Crippen molar-refractivity contribution < 1.29 is 14.4 Å². The van der Waals surface area contributed by atoms with E-state index in [0.717, 1.165) is 22.1 Å². The summed E-state index contributed by atoms with van der Waals surface area (Å²) < 4.78 is 1.00. The Morgan fingerprint density at radius 3 is 2.57 bits per heavy atom. The van der Waals surface area contributed by atoms with Gasteiger partial charge in [0.05, 0.1) is 0 Å². The number of fused-ring (bicyclic) bond motifs is 1. The van der Waals surface area contributed by atoms with E-state index in [2.05, 4.69) is 15.9 Å². The first kappa shape index (κ1) is 14.3. The molecular formula is C15H15BrN2O3. The Bertz CT molecular complexity index is 613. The van der Waals surface area contributed by atoms with Gasteiger partial charge in [0.2, 0.25) is 17.7 Å². The molecule has 2 aliphatic heterocycles. The summed E-state index contributed by atoms with van der Waals surface area (Å²) in [6.07, 6.45) is 1.57. The maximum atomic E-state index is 12.3.